The van der Waals surface area contributed by atoms with Crippen LogP contribution in [-0.2, 0) is 9.59 Å². The molecule has 2 atom stereocenters. The summed E-state index contributed by atoms with van der Waals surface area (Å²) in [6.45, 7) is 0.186. The van der Waals surface area contributed by atoms with Crippen molar-refractivity contribution in [3.8, 4) is 11.5 Å². The van der Waals surface area contributed by atoms with Crippen molar-refractivity contribution in [3.05, 3.63) is 18.2 Å². The number of carbonyl (C=O) groups excluding carboxylic acids is 2. The molecule has 0 spiro atoms. The minimum atomic E-state index is -0.0650. The molecule has 0 aromatic heterocycles. The fraction of sp³-hybridized carbons (Fsp3) is 0.467. The number of imide groups is 1. The molecule has 3 aliphatic rings. The smallest absolute Gasteiger partial charge is 0.236 e. The Balaban J connectivity index is 1.73. The fourth-order valence-electron chi connectivity index (χ4n) is 3.39. The Morgan fingerprint density at radius 3 is 2.45 bits per heavy atom. The van der Waals surface area contributed by atoms with Gasteiger partial charge in [-0.3, -0.25) is 9.59 Å². The summed E-state index contributed by atoms with van der Waals surface area (Å²) >= 11 is 0. The van der Waals surface area contributed by atoms with Gasteiger partial charge in [-0.25, -0.2) is 4.90 Å². The molecule has 1 aromatic carbocycles. The zero-order valence-electron chi connectivity index (χ0n) is 11.0. The average Bonchev–Trinajstić information content (AvgIpc) is 2.94. The highest BCUT2D eigenvalue weighted by Crippen LogP contribution is 2.41. The van der Waals surface area contributed by atoms with Gasteiger partial charge in [-0.2, -0.15) is 0 Å². The minimum Gasteiger partial charge on any atom is -0.454 e. The second-order valence-corrected chi connectivity index (χ2v) is 5.61. The fourth-order valence-corrected chi connectivity index (χ4v) is 3.39. The first-order valence-electron chi connectivity index (χ1n) is 7.01. The lowest BCUT2D eigenvalue weighted by Gasteiger charge is -2.38. The number of benzene rings is 1. The van der Waals surface area contributed by atoms with Crippen molar-refractivity contribution in [1.82, 2.24) is 0 Å². The Kier molecular flexibility index (Phi) is 2.49. The molecule has 4 rings (SSSR count). The zero-order valence-corrected chi connectivity index (χ0v) is 11.0. The van der Waals surface area contributed by atoms with Gasteiger partial charge in [0.2, 0.25) is 18.6 Å². The summed E-state index contributed by atoms with van der Waals surface area (Å²) in [5, 5.41) is 0. The van der Waals surface area contributed by atoms with E-state index in [0.29, 0.717) is 17.2 Å². The van der Waals surface area contributed by atoms with Crippen LogP contribution in [0.15, 0.2) is 18.2 Å². The molecule has 5 nitrogen and oxygen atoms in total. The first-order valence-corrected chi connectivity index (χ1v) is 7.01. The number of nitrogens with zero attached hydrogens (tertiary/aromatic N) is 1. The second-order valence-electron chi connectivity index (χ2n) is 5.61. The van der Waals surface area contributed by atoms with Crippen LogP contribution in [0.25, 0.3) is 0 Å². The topological polar surface area (TPSA) is 55.8 Å². The molecule has 2 aliphatic heterocycles. The van der Waals surface area contributed by atoms with Crippen molar-refractivity contribution in [2.45, 2.75) is 25.7 Å². The maximum atomic E-state index is 12.5. The highest BCUT2D eigenvalue weighted by atomic mass is 16.7. The first kappa shape index (κ1) is 11.8. The molecule has 0 N–H and O–H groups in total. The molecule has 5 heteroatoms. The van der Waals surface area contributed by atoms with Gasteiger partial charge in [-0.05, 0) is 31.4 Å². The maximum absolute atomic E-state index is 12.5. The number of amides is 2. The van der Waals surface area contributed by atoms with Gasteiger partial charge in [0, 0.05) is 17.9 Å². The van der Waals surface area contributed by atoms with E-state index in [-0.39, 0.29) is 30.4 Å². The molecule has 2 unspecified atom stereocenters. The quantitative estimate of drug-likeness (QED) is 0.735. The Labute approximate surface area is 116 Å². The van der Waals surface area contributed by atoms with Crippen molar-refractivity contribution >= 4 is 17.5 Å². The van der Waals surface area contributed by atoms with Gasteiger partial charge in [0.25, 0.3) is 0 Å². The minimum absolute atomic E-state index is 0.00290. The molecule has 20 heavy (non-hydrogen) atoms. The lowest BCUT2D eigenvalue weighted by Crippen LogP contribution is -2.51. The summed E-state index contributed by atoms with van der Waals surface area (Å²) in [6, 6.07) is 5.23. The standard InChI is InChI=1S/C15H15NO4/c17-14-9-2-1-3-10(6-9)15(18)16(14)11-4-5-12-13(7-11)20-8-19-12/h4-5,7,9-10H,1-3,6,8H2. The first-order chi connectivity index (χ1) is 9.74. The molecule has 0 radical (unpaired) electrons. The third-order valence-corrected chi connectivity index (χ3v) is 4.43. The highest BCUT2D eigenvalue weighted by Gasteiger charge is 2.43. The van der Waals surface area contributed by atoms with Gasteiger partial charge in [-0.15, -0.1) is 0 Å². The number of anilines is 1. The third kappa shape index (κ3) is 1.62. The van der Waals surface area contributed by atoms with Crippen LogP contribution >= 0.6 is 0 Å². The van der Waals surface area contributed by atoms with Crippen molar-refractivity contribution in [3.63, 3.8) is 0 Å². The van der Waals surface area contributed by atoms with Crippen LogP contribution in [0.4, 0.5) is 5.69 Å². The lowest BCUT2D eigenvalue weighted by molar-refractivity contribution is -0.137. The largest absolute Gasteiger partial charge is 0.454 e. The van der Waals surface area contributed by atoms with Crippen LogP contribution in [0.1, 0.15) is 25.7 Å². The lowest BCUT2D eigenvalue weighted by atomic mass is 9.76. The molecule has 1 aliphatic carbocycles. The normalized spacial score (nSPS) is 27.9. The number of rotatable bonds is 1. The maximum Gasteiger partial charge on any atom is 0.236 e. The van der Waals surface area contributed by atoms with Crippen LogP contribution in [0.5, 0.6) is 11.5 Å². The molecular weight excluding hydrogens is 258 g/mol. The monoisotopic (exact) mass is 273 g/mol. The van der Waals surface area contributed by atoms with Crippen LogP contribution in [0.3, 0.4) is 0 Å². The second kappa shape index (κ2) is 4.23. The van der Waals surface area contributed by atoms with Gasteiger partial charge >= 0.3 is 0 Å². The number of carbonyl (C=O) groups is 2. The Hall–Kier alpha value is -2.04. The van der Waals surface area contributed by atoms with Crippen molar-refractivity contribution < 1.29 is 19.1 Å². The average molecular weight is 273 g/mol. The van der Waals surface area contributed by atoms with E-state index in [1.807, 2.05) is 0 Å². The van der Waals surface area contributed by atoms with Crippen LogP contribution in [0.2, 0.25) is 0 Å². The number of hydrogen-bond donors (Lipinski definition) is 0. The molecule has 2 heterocycles. The van der Waals surface area contributed by atoms with E-state index in [2.05, 4.69) is 0 Å². The predicted molar refractivity (Wildman–Crippen MR) is 70.5 cm³/mol. The van der Waals surface area contributed by atoms with Crippen molar-refractivity contribution in [2.24, 2.45) is 11.8 Å². The molecule has 1 saturated heterocycles. The van der Waals surface area contributed by atoms with E-state index in [1.54, 1.807) is 18.2 Å². The van der Waals surface area contributed by atoms with Crippen LogP contribution in [0, 0.1) is 11.8 Å². The Morgan fingerprint density at radius 2 is 1.70 bits per heavy atom. The molecule has 2 fully saturated rings. The summed E-state index contributed by atoms with van der Waals surface area (Å²) in [5.41, 5.74) is 0.598. The summed E-state index contributed by atoms with van der Waals surface area (Å²) in [4.78, 5) is 26.3. The van der Waals surface area contributed by atoms with E-state index < -0.39 is 0 Å². The summed E-state index contributed by atoms with van der Waals surface area (Å²) in [5.74, 6) is 1.12. The van der Waals surface area contributed by atoms with E-state index in [1.165, 1.54) is 4.90 Å². The van der Waals surface area contributed by atoms with E-state index in [0.717, 1.165) is 25.7 Å². The molecule has 2 amide bonds. The zero-order chi connectivity index (χ0) is 13.7. The number of hydrogen-bond acceptors (Lipinski definition) is 4. The van der Waals surface area contributed by atoms with Crippen molar-refractivity contribution in [2.75, 3.05) is 11.7 Å². The van der Waals surface area contributed by atoms with Gasteiger partial charge in [0.1, 0.15) is 0 Å². The van der Waals surface area contributed by atoms with Gasteiger partial charge < -0.3 is 9.47 Å². The number of ether oxygens (including phenoxy) is 2. The number of fused-ring (bicyclic) bond motifs is 3. The summed E-state index contributed by atoms with van der Waals surface area (Å²) in [6.07, 6.45) is 3.48. The third-order valence-electron chi connectivity index (χ3n) is 4.43. The molecule has 1 saturated carbocycles. The van der Waals surface area contributed by atoms with Crippen LogP contribution in [-0.4, -0.2) is 18.6 Å². The molecule has 104 valence electrons. The summed E-state index contributed by atoms with van der Waals surface area (Å²) in [7, 11) is 0. The van der Waals surface area contributed by atoms with Crippen LogP contribution < -0.4 is 14.4 Å². The van der Waals surface area contributed by atoms with E-state index >= 15 is 0 Å². The Morgan fingerprint density at radius 1 is 1.00 bits per heavy atom. The molecule has 2 bridgehead atoms. The number of piperidine rings is 1. The van der Waals surface area contributed by atoms with E-state index in [9.17, 15) is 9.59 Å². The van der Waals surface area contributed by atoms with Crippen molar-refractivity contribution in [1.29, 1.82) is 0 Å². The predicted octanol–water partition coefficient (Wildman–Crippen LogP) is 2.09. The van der Waals surface area contributed by atoms with Gasteiger partial charge in [-0.1, -0.05) is 6.42 Å². The Bertz CT molecular complexity index is 576. The summed E-state index contributed by atoms with van der Waals surface area (Å²) < 4.78 is 10.6. The SMILES string of the molecule is O=C1C2CCCC(C2)C(=O)N1c1ccc2c(c1)OCO2. The molecule has 1 aromatic rings. The van der Waals surface area contributed by atoms with Gasteiger partial charge in [0.05, 0.1) is 5.69 Å². The highest BCUT2D eigenvalue weighted by molar-refractivity contribution is 6.18. The van der Waals surface area contributed by atoms with E-state index in [4.69, 9.17) is 9.47 Å². The molecular formula is C15H15NO4. The van der Waals surface area contributed by atoms with Gasteiger partial charge in [0.15, 0.2) is 11.5 Å².